The average molecular weight is 226 g/mol. The van der Waals surface area contributed by atoms with Crippen LogP contribution < -0.4 is 16.4 Å². The monoisotopic (exact) mass is 226 g/mol. The van der Waals surface area contributed by atoms with E-state index >= 15 is 0 Å². The number of aliphatic imine (C=N–C) groups is 1. The topological polar surface area (TPSA) is 79.5 Å². The second-order valence-electron chi connectivity index (χ2n) is 4.64. The number of carbonyl (C=O) groups excluding carboxylic acids is 1. The third-order valence-electron chi connectivity index (χ3n) is 2.23. The van der Waals surface area contributed by atoms with Crippen molar-refractivity contribution in [3.05, 3.63) is 0 Å². The van der Waals surface area contributed by atoms with Crippen LogP contribution >= 0.6 is 0 Å². The zero-order valence-electron chi connectivity index (χ0n) is 10.1. The SMILES string of the molecule is CC(C)CN=C(N)NCCC(=O)NC1CC1. The highest BCUT2D eigenvalue weighted by molar-refractivity contribution is 5.80. The van der Waals surface area contributed by atoms with Crippen molar-refractivity contribution in [3.63, 3.8) is 0 Å². The van der Waals surface area contributed by atoms with Gasteiger partial charge in [-0.05, 0) is 18.8 Å². The maximum absolute atomic E-state index is 11.3. The van der Waals surface area contributed by atoms with Gasteiger partial charge in [-0.2, -0.15) is 0 Å². The lowest BCUT2D eigenvalue weighted by Crippen LogP contribution is -2.36. The fraction of sp³-hybridized carbons (Fsp3) is 0.818. The van der Waals surface area contributed by atoms with E-state index in [2.05, 4.69) is 29.5 Å². The summed E-state index contributed by atoms with van der Waals surface area (Å²) in [5, 5.41) is 5.85. The van der Waals surface area contributed by atoms with Gasteiger partial charge in [-0.25, -0.2) is 0 Å². The van der Waals surface area contributed by atoms with Crippen molar-refractivity contribution >= 4 is 11.9 Å². The third kappa shape index (κ3) is 6.27. The molecule has 1 aliphatic rings. The van der Waals surface area contributed by atoms with Gasteiger partial charge in [0.15, 0.2) is 5.96 Å². The average Bonchev–Trinajstić information content (AvgIpc) is 2.98. The molecule has 0 heterocycles. The van der Waals surface area contributed by atoms with Gasteiger partial charge in [0.05, 0.1) is 0 Å². The Bertz CT molecular complexity index is 259. The van der Waals surface area contributed by atoms with Crippen LogP contribution in [0.2, 0.25) is 0 Å². The number of rotatable bonds is 6. The summed E-state index contributed by atoms with van der Waals surface area (Å²) in [7, 11) is 0. The second-order valence-corrected chi connectivity index (χ2v) is 4.64. The van der Waals surface area contributed by atoms with Crippen molar-refractivity contribution in [2.45, 2.75) is 39.2 Å². The van der Waals surface area contributed by atoms with Gasteiger partial charge in [-0.3, -0.25) is 9.79 Å². The minimum absolute atomic E-state index is 0.0895. The number of nitrogens with zero attached hydrogens (tertiary/aromatic N) is 1. The molecule has 0 bridgehead atoms. The van der Waals surface area contributed by atoms with E-state index in [1.54, 1.807) is 0 Å². The smallest absolute Gasteiger partial charge is 0.221 e. The summed E-state index contributed by atoms with van der Waals surface area (Å²) in [4.78, 5) is 15.5. The molecule has 5 heteroatoms. The molecule has 0 aromatic rings. The second kappa shape index (κ2) is 6.35. The van der Waals surface area contributed by atoms with Crippen molar-refractivity contribution in [1.29, 1.82) is 0 Å². The van der Waals surface area contributed by atoms with Crippen LogP contribution in [-0.2, 0) is 4.79 Å². The Morgan fingerprint density at radius 2 is 2.19 bits per heavy atom. The molecular formula is C11H22N4O. The Labute approximate surface area is 96.9 Å². The highest BCUT2D eigenvalue weighted by atomic mass is 16.1. The number of guanidine groups is 1. The zero-order chi connectivity index (χ0) is 12.0. The van der Waals surface area contributed by atoms with E-state index in [0.29, 0.717) is 37.4 Å². The molecule has 0 unspecified atom stereocenters. The first-order chi connectivity index (χ1) is 7.58. The molecule has 16 heavy (non-hydrogen) atoms. The molecule has 0 aromatic heterocycles. The normalized spacial score (nSPS) is 16.3. The highest BCUT2D eigenvalue weighted by Crippen LogP contribution is 2.18. The summed E-state index contributed by atoms with van der Waals surface area (Å²) in [5.74, 6) is 1.01. The summed E-state index contributed by atoms with van der Waals surface area (Å²) in [6.07, 6.45) is 2.70. The van der Waals surface area contributed by atoms with E-state index in [4.69, 9.17) is 5.73 Å². The molecule has 5 nitrogen and oxygen atoms in total. The minimum Gasteiger partial charge on any atom is -0.370 e. The highest BCUT2D eigenvalue weighted by Gasteiger charge is 2.22. The molecule has 0 aromatic carbocycles. The number of amides is 1. The molecule has 0 aliphatic heterocycles. The van der Waals surface area contributed by atoms with Crippen LogP contribution in [0.5, 0.6) is 0 Å². The molecule has 1 amide bonds. The van der Waals surface area contributed by atoms with Gasteiger partial charge in [-0.15, -0.1) is 0 Å². The summed E-state index contributed by atoms with van der Waals surface area (Å²) in [6.45, 7) is 5.43. The van der Waals surface area contributed by atoms with Crippen molar-refractivity contribution in [3.8, 4) is 0 Å². The molecule has 4 N–H and O–H groups in total. The molecule has 1 aliphatic carbocycles. The van der Waals surface area contributed by atoms with Gasteiger partial charge in [0, 0.05) is 25.6 Å². The summed E-state index contributed by atoms with van der Waals surface area (Å²) >= 11 is 0. The summed E-state index contributed by atoms with van der Waals surface area (Å²) in [6, 6.07) is 0.430. The molecule has 1 saturated carbocycles. The molecule has 1 rings (SSSR count). The van der Waals surface area contributed by atoms with E-state index in [1.807, 2.05) is 0 Å². The van der Waals surface area contributed by atoms with Crippen LogP contribution in [0.4, 0.5) is 0 Å². The first-order valence-electron chi connectivity index (χ1n) is 5.91. The van der Waals surface area contributed by atoms with E-state index in [9.17, 15) is 4.79 Å². The fourth-order valence-electron chi connectivity index (χ4n) is 1.17. The van der Waals surface area contributed by atoms with Crippen molar-refractivity contribution in [1.82, 2.24) is 10.6 Å². The lowest BCUT2D eigenvalue weighted by Gasteiger charge is -2.06. The van der Waals surface area contributed by atoms with Gasteiger partial charge in [0.25, 0.3) is 0 Å². The maximum atomic E-state index is 11.3. The van der Waals surface area contributed by atoms with Gasteiger partial charge < -0.3 is 16.4 Å². The molecular weight excluding hydrogens is 204 g/mol. The number of carbonyl (C=O) groups is 1. The number of nitrogens with one attached hydrogen (secondary N) is 2. The van der Waals surface area contributed by atoms with Crippen LogP contribution in [0, 0.1) is 5.92 Å². The maximum Gasteiger partial charge on any atom is 0.221 e. The lowest BCUT2D eigenvalue weighted by molar-refractivity contribution is -0.121. The van der Waals surface area contributed by atoms with Gasteiger partial charge in [-0.1, -0.05) is 13.8 Å². The zero-order valence-corrected chi connectivity index (χ0v) is 10.1. The largest absolute Gasteiger partial charge is 0.370 e. The molecule has 0 atom stereocenters. The van der Waals surface area contributed by atoms with E-state index in [0.717, 1.165) is 12.8 Å². The van der Waals surface area contributed by atoms with E-state index in [-0.39, 0.29) is 5.91 Å². The van der Waals surface area contributed by atoms with Crippen LogP contribution in [0.1, 0.15) is 33.1 Å². The van der Waals surface area contributed by atoms with Crippen molar-refractivity contribution < 1.29 is 4.79 Å². The quantitative estimate of drug-likeness (QED) is 0.447. The van der Waals surface area contributed by atoms with Crippen LogP contribution in [0.25, 0.3) is 0 Å². The summed E-state index contributed by atoms with van der Waals surface area (Å²) in [5.41, 5.74) is 5.63. The van der Waals surface area contributed by atoms with Gasteiger partial charge in [0.1, 0.15) is 0 Å². The molecule has 1 fully saturated rings. The first-order valence-corrected chi connectivity index (χ1v) is 5.91. The van der Waals surface area contributed by atoms with Crippen molar-refractivity contribution in [2.24, 2.45) is 16.6 Å². The number of hydrogen-bond acceptors (Lipinski definition) is 2. The lowest BCUT2D eigenvalue weighted by atomic mass is 10.2. The summed E-state index contributed by atoms with van der Waals surface area (Å²) < 4.78 is 0. The molecule has 92 valence electrons. The molecule has 0 spiro atoms. The Balaban J connectivity index is 2.04. The van der Waals surface area contributed by atoms with Gasteiger partial charge >= 0.3 is 0 Å². The Morgan fingerprint density at radius 1 is 1.50 bits per heavy atom. The number of nitrogens with two attached hydrogens (primary N) is 1. The van der Waals surface area contributed by atoms with Gasteiger partial charge in [0.2, 0.25) is 5.91 Å². The third-order valence-corrected chi connectivity index (χ3v) is 2.23. The van der Waals surface area contributed by atoms with Crippen LogP contribution in [-0.4, -0.2) is 31.0 Å². The Morgan fingerprint density at radius 3 is 2.75 bits per heavy atom. The predicted octanol–water partition coefficient (Wildman–Crippen LogP) is 0.215. The molecule has 0 saturated heterocycles. The Hall–Kier alpha value is -1.26. The van der Waals surface area contributed by atoms with Crippen LogP contribution in [0.15, 0.2) is 4.99 Å². The van der Waals surface area contributed by atoms with E-state index < -0.39 is 0 Å². The van der Waals surface area contributed by atoms with Crippen molar-refractivity contribution in [2.75, 3.05) is 13.1 Å². The Kier molecular flexibility index (Phi) is 5.08. The van der Waals surface area contributed by atoms with Crippen LogP contribution in [0.3, 0.4) is 0 Å². The van der Waals surface area contributed by atoms with E-state index in [1.165, 1.54) is 0 Å². The number of hydrogen-bond donors (Lipinski definition) is 3. The molecule has 0 radical (unpaired) electrons. The minimum atomic E-state index is 0.0895. The first kappa shape index (κ1) is 12.8. The fourth-order valence-corrected chi connectivity index (χ4v) is 1.17. The predicted molar refractivity (Wildman–Crippen MR) is 65.1 cm³/mol. The standard InChI is InChI=1S/C11H22N4O/c1-8(2)7-14-11(12)13-6-5-10(16)15-9-3-4-9/h8-9H,3-7H2,1-2H3,(H,15,16)(H3,12,13,14).